The highest BCUT2D eigenvalue weighted by Gasteiger charge is 2.18. The summed E-state index contributed by atoms with van der Waals surface area (Å²) in [5.74, 6) is 2.02. The fourth-order valence-electron chi connectivity index (χ4n) is 7.85. The van der Waals surface area contributed by atoms with Crippen LogP contribution in [-0.4, -0.2) is 19.5 Å². The Morgan fingerprint density at radius 2 is 0.842 bits per heavy atom. The third-order valence-corrected chi connectivity index (χ3v) is 10.5. The molecule has 0 spiro atoms. The number of rotatable bonds is 8. The summed E-state index contributed by atoms with van der Waals surface area (Å²) in [7, 11) is 0. The fourth-order valence-corrected chi connectivity index (χ4v) is 7.85. The molecule has 0 amide bonds. The SMILES string of the molecule is Cc1nc(-c2ccccc2)nc(-c2ccc(-n3c4ccccc4c4cccc(-c5ccc(N(c6ccccc6)c6ccc(-c7ccccc7)cc6)cc5)c43)cc2)n1. The Morgan fingerprint density at radius 1 is 0.368 bits per heavy atom. The fraction of sp³-hybridized carbons (Fsp3) is 0.0192. The van der Waals surface area contributed by atoms with Crippen LogP contribution in [0.3, 0.4) is 0 Å². The molecule has 0 radical (unpaired) electrons. The maximum absolute atomic E-state index is 4.86. The van der Waals surface area contributed by atoms with Crippen molar-refractivity contribution >= 4 is 38.9 Å². The van der Waals surface area contributed by atoms with Crippen LogP contribution in [-0.2, 0) is 0 Å². The smallest absolute Gasteiger partial charge is 0.163 e. The zero-order valence-corrected chi connectivity index (χ0v) is 31.4. The average Bonchev–Trinajstić information content (AvgIpc) is 3.62. The molecular formula is C52H37N5. The summed E-state index contributed by atoms with van der Waals surface area (Å²) in [5, 5.41) is 2.42. The molecule has 0 N–H and O–H groups in total. The summed E-state index contributed by atoms with van der Waals surface area (Å²) in [5.41, 5.74) is 13.3. The van der Waals surface area contributed by atoms with E-state index >= 15 is 0 Å². The van der Waals surface area contributed by atoms with Crippen molar-refractivity contribution in [3.05, 3.63) is 212 Å². The van der Waals surface area contributed by atoms with Crippen molar-refractivity contribution < 1.29 is 0 Å². The third kappa shape index (κ3) is 6.41. The molecule has 57 heavy (non-hydrogen) atoms. The summed E-state index contributed by atoms with van der Waals surface area (Å²) in [6, 6.07) is 72.8. The highest BCUT2D eigenvalue weighted by atomic mass is 15.1. The largest absolute Gasteiger partial charge is 0.311 e. The zero-order chi connectivity index (χ0) is 38.1. The molecule has 2 aromatic heterocycles. The molecule has 0 atom stereocenters. The number of aromatic nitrogens is 4. The quantitative estimate of drug-likeness (QED) is 0.156. The van der Waals surface area contributed by atoms with E-state index in [1.54, 1.807) is 0 Å². The van der Waals surface area contributed by atoms with Crippen molar-refractivity contribution in [1.29, 1.82) is 0 Å². The predicted octanol–water partition coefficient (Wildman–Crippen LogP) is 13.4. The second-order valence-electron chi connectivity index (χ2n) is 14.1. The summed E-state index contributed by atoms with van der Waals surface area (Å²) >= 11 is 0. The lowest BCUT2D eigenvalue weighted by atomic mass is 10.0. The number of fused-ring (bicyclic) bond motifs is 3. The van der Waals surface area contributed by atoms with Gasteiger partial charge < -0.3 is 9.47 Å². The van der Waals surface area contributed by atoms with Crippen molar-refractivity contribution in [2.24, 2.45) is 0 Å². The lowest BCUT2D eigenvalue weighted by molar-refractivity contribution is 0.991. The van der Waals surface area contributed by atoms with Gasteiger partial charge in [0.1, 0.15) is 5.82 Å². The summed E-state index contributed by atoms with van der Waals surface area (Å²) in [6.07, 6.45) is 0. The minimum absolute atomic E-state index is 0.660. The molecule has 0 bridgehead atoms. The number of hydrogen-bond acceptors (Lipinski definition) is 4. The van der Waals surface area contributed by atoms with Crippen LogP contribution < -0.4 is 4.90 Å². The van der Waals surface area contributed by atoms with E-state index in [9.17, 15) is 0 Å². The number of hydrogen-bond donors (Lipinski definition) is 0. The van der Waals surface area contributed by atoms with Gasteiger partial charge in [0.25, 0.3) is 0 Å². The van der Waals surface area contributed by atoms with Crippen molar-refractivity contribution in [2.45, 2.75) is 6.92 Å². The third-order valence-electron chi connectivity index (χ3n) is 10.5. The standard InChI is InChI=1S/C52H37N5/c1-36-53-51(40-16-7-3-8-17-40)55-52(54-36)41-28-34-45(35-29-41)57-49-23-12-11-20-47(49)48-22-13-21-46(50(48)57)39-26-32-44(33-27-39)56(42-18-9-4-10-19-42)43-30-24-38(25-31-43)37-14-5-2-6-15-37/h2-35H,1H3. The molecule has 270 valence electrons. The number of anilines is 3. The van der Waals surface area contributed by atoms with Gasteiger partial charge in [0.15, 0.2) is 11.6 Å². The van der Waals surface area contributed by atoms with Crippen LogP contribution in [0.5, 0.6) is 0 Å². The van der Waals surface area contributed by atoms with Crippen LogP contribution in [0.15, 0.2) is 206 Å². The first-order chi connectivity index (χ1) is 28.2. The Bertz CT molecular complexity index is 2980. The van der Waals surface area contributed by atoms with Crippen molar-refractivity contribution in [2.75, 3.05) is 4.90 Å². The second-order valence-corrected chi connectivity index (χ2v) is 14.1. The Balaban J connectivity index is 1.04. The highest BCUT2D eigenvalue weighted by Crippen LogP contribution is 2.41. The molecule has 0 fully saturated rings. The van der Waals surface area contributed by atoms with E-state index in [1.807, 2.05) is 37.3 Å². The minimum atomic E-state index is 0.660. The molecule has 0 aliphatic rings. The van der Waals surface area contributed by atoms with E-state index in [0.29, 0.717) is 17.5 Å². The number of para-hydroxylation sites is 3. The highest BCUT2D eigenvalue weighted by molar-refractivity contribution is 6.13. The minimum Gasteiger partial charge on any atom is -0.311 e. The topological polar surface area (TPSA) is 46.8 Å². The van der Waals surface area contributed by atoms with Gasteiger partial charge in [-0.05, 0) is 90.3 Å². The molecule has 10 aromatic rings. The molecule has 0 unspecified atom stereocenters. The monoisotopic (exact) mass is 731 g/mol. The number of aryl methyl sites for hydroxylation is 1. The van der Waals surface area contributed by atoms with Gasteiger partial charge in [-0.2, -0.15) is 0 Å². The van der Waals surface area contributed by atoms with E-state index in [1.165, 1.54) is 27.5 Å². The van der Waals surface area contributed by atoms with Gasteiger partial charge >= 0.3 is 0 Å². The lowest BCUT2D eigenvalue weighted by Crippen LogP contribution is -2.09. The second kappa shape index (κ2) is 14.5. The first kappa shape index (κ1) is 33.9. The zero-order valence-electron chi connectivity index (χ0n) is 31.4. The molecule has 0 aliphatic carbocycles. The Hall–Kier alpha value is -7.63. The Labute approximate surface area is 331 Å². The predicted molar refractivity (Wildman–Crippen MR) is 235 cm³/mol. The molecule has 2 heterocycles. The van der Waals surface area contributed by atoms with E-state index in [-0.39, 0.29) is 0 Å². The Morgan fingerprint density at radius 3 is 1.49 bits per heavy atom. The molecule has 10 rings (SSSR count). The van der Waals surface area contributed by atoms with Crippen LogP contribution >= 0.6 is 0 Å². The first-order valence-electron chi connectivity index (χ1n) is 19.2. The van der Waals surface area contributed by atoms with Crippen LogP contribution in [0.1, 0.15) is 5.82 Å². The van der Waals surface area contributed by atoms with Crippen LogP contribution in [0, 0.1) is 6.92 Å². The lowest BCUT2D eigenvalue weighted by Gasteiger charge is -2.26. The van der Waals surface area contributed by atoms with Gasteiger partial charge in [-0.1, -0.05) is 140 Å². The molecular weight excluding hydrogens is 695 g/mol. The van der Waals surface area contributed by atoms with Crippen molar-refractivity contribution in [1.82, 2.24) is 19.5 Å². The van der Waals surface area contributed by atoms with Gasteiger partial charge in [-0.15, -0.1) is 0 Å². The molecule has 8 aromatic carbocycles. The molecule has 5 heteroatoms. The molecule has 0 aliphatic heterocycles. The first-order valence-corrected chi connectivity index (χ1v) is 19.2. The van der Waals surface area contributed by atoms with E-state index in [2.05, 4.69) is 190 Å². The van der Waals surface area contributed by atoms with Crippen LogP contribution in [0.25, 0.3) is 72.5 Å². The Kier molecular flexibility index (Phi) is 8.65. The van der Waals surface area contributed by atoms with Gasteiger partial charge in [-0.3, -0.25) is 0 Å². The van der Waals surface area contributed by atoms with E-state index in [4.69, 9.17) is 9.97 Å². The van der Waals surface area contributed by atoms with E-state index < -0.39 is 0 Å². The molecule has 0 saturated heterocycles. The summed E-state index contributed by atoms with van der Waals surface area (Å²) in [6.45, 7) is 1.92. The maximum atomic E-state index is 4.86. The van der Waals surface area contributed by atoms with Gasteiger partial charge in [-0.25, -0.2) is 15.0 Å². The van der Waals surface area contributed by atoms with Gasteiger partial charge in [0, 0.05) is 50.2 Å². The number of nitrogens with zero attached hydrogens (tertiary/aromatic N) is 5. The maximum Gasteiger partial charge on any atom is 0.163 e. The van der Waals surface area contributed by atoms with Crippen LogP contribution in [0.4, 0.5) is 17.1 Å². The molecule has 5 nitrogen and oxygen atoms in total. The van der Waals surface area contributed by atoms with Gasteiger partial charge in [0.2, 0.25) is 0 Å². The van der Waals surface area contributed by atoms with Crippen LogP contribution in [0.2, 0.25) is 0 Å². The van der Waals surface area contributed by atoms with E-state index in [0.717, 1.165) is 50.5 Å². The molecule has 0 saturated carbocycles. The van der Waals surface area contributed by atoms with Crippen molar-refractivity contribution in [3.63, 3.8) is 0 Å². The summed E-state index contributed by atoms with van der Waals surface area (Å²) < 4.78 is 2.39. The normalized spacial score (nSPS) is 11.2. The average molecular weight is 732 g/mol. The summed E-state index contributed by atoms with van der Waals surface area (Å²) in [4.78, 5) is 16.5. The van der Waals surface area contributed by atoms with Crippen molar-refractivity contribution in [3.8, 4) is 50.7 Å². The van der Waals surface area contributed by atoms with Gasteiger partial charge in [0.05, 0.1) is 11.0 Å². The number of benzene rings is 8.